The summed E-state index contributed by atoms with van der Waals surface area (Å²) in [5, 5.41) is 12.8. The van der Waals surface area contributed by atoms with Crippen molar-refractivity contribution < 1.29 is 9.90 Å². The van der Waals surface area contributed by atoms with E-state index in [4.69, 9.17) is 5.11 Å². The molecule has 2 aromatic heterocycles. The summed E-state index contributed by atoms with van der Waals surface area (Å²) in [5.41, 5.74) is 1.71. The van der Waals surface area contributed by atoms with E-state index in [1.165, 1.54) is 4.90 Å². The molecule has 0 fully saturated rings. The van der Waals surface area contributed by atoms with Crippen LogP contribution in [0.4, 0.5) is 4.79 Å². The summed E-state index contributed by atoms with van der Waals surface area (Å²) in [7, 11) is 1.56. The molecule has 1 amide bonds. The number of rotatable bonds is 4. The van der Waals surface area contributed by atoms with Crippen molar-refractivity contribution in [2.45, 2.75) is 12.8 Å². The van der Waals surface area contributed by atoms with Gasteiger partial charge in [-0.2, -0.15) is 5.10 Å². The molecule has 6 nitrogen and oxygen atoms in total. The lowest BCUT2D eigenvalue weighted by atomic mass is 10.2. The summed E-state index contributed by atoms with van der Waals surface area (Å²) in [6, 6.07) is 1.90. The lowest BCUT2D eigenvalue weighted by Crippen LogP contribution is -2.25. The second kappa shape index (κ2) is 5.34. The minimum Gasteiger partial charge on any atom is -0.465 e. The third-order valence-corrected chi connectivity index (χ3v) is 3.20. The molecule has 0 aliphatic carbocycles. The van der Waals surface area contributed by atoms with Crippen LogP contribution in [-0.4, -0.2) is 44.3 Å². The molecular formula is C11H13BrN4O2. The standard InChI is InChI=1S/C11H13BrN4O2/c1-15(11(17)18)5-2-3-8-4-6-16-10(14-8)9(12)7-13-16/h4,6-7H,2-3,5H2,1H3,(H,17,18). The molecule has 2 heterocycles. The number of carbonyl (C=O) groups is 1. The van der Waals surface area contributed by atoms with E-state index < -0.39 is 6.09 Å². The normalized spacial score (nSPS) is 10.8. The highest BCUT2D eigenvalue weighted by Crippen LogP contribution is 2.15. The number of hydrogen-bond donors (Lipinski definition) is 1. The van der Waals surface area contributed by atoms with Crippen LogP contribution in [-0.2, 0) is 6.42 Å². The van der Waals surface area contributed by atoms with E-state index in [-0.39, 0.29) is 0 Å². The molecule has 0 spiro atoms. The first-order valence-corrected chi connectivity index (χ1v) is 6.30. The van der Waals surface area contributed by atoms with Crippen LogP contribution in [0, 0.1) is 0 Å². The van der Waals surface area contributed by atoms with Gasteiger partial charge in [0.1, 0.15) is 0 Å². The van der Waals surface area contributed by atoms with E-state index in [0.717, 1.165) is 28.7 Å². The van der Waals surface area contributed by atoms with Crippen LogP contribution in [0.5, 0.6) is 0 Å². The van der Waals surface area contributed by atoms with Gasteiger partial charge in [-0.15, -0.1) is 0 Å². The van der Waals surface area contributed by atoms with Gasteiger partial charge >= 0.3 is 6.09 Å². The van der Waals surface area contributed by atoms with Crippen molar-refractivity contribution in [1.82, 2.24) is 19.5 Å². The number of amides is 1. The average Bonchev–Trinajstić information content (AvgIpc) is 2.71. The Hall–Kier alpha value is -1.63. The Morgan fingerprint density at radius 3 is 3.11 bits per heavy atom. The molecule has 2 rings (SSSR count). The predicted molar refractivity (Wildman–Crippen MR) is 69.7 cm³/mol. The third kappa shape index (κ3) is 2.79. The maximum Gasteiger partial charge on any atom is 0.407 e. The lowest BCUT2D eigenvalue weighted by Gasteiger charge is -2.11. The Kier molecular flexibility index (Phi) is 3.81. The lowest BCUT2D eigenvalue weighted by molar-refractivity contribution is 0.155. The fourth-order valence-corrected chi connectivity index (χ4v) is 1.97. The summed E-state index contributed by atoms with van der Waals surface area (Å²) >= 11 is 3.38. The maximum atomic E-state index is 10.6. The molecule has 0 saturated carbocycles. The molecule has 18 heavy (non-hydrogen) atoms. The topological polar surface area (TPSA) is 70.7 Å². The van der Waals surface area contributed by atoms with Gasteiger partial charge in [0.25, 0.3) is 0 Å². The van der Waals surface area contributed by atoms with Gasteiger partial charge in [-0.3, -0.25) is 0 Å². The van der Waals surface area contributed by atoms with E-state index in [1.807, 2.05) is 12.3 Å². The van der Waals surface area contributed by atoms with E-state index in [1.54, 1.807) is 17.8 Å². The molecule has 1 N–H and O–H groups in total. The zero-order chi connectivity index (χ0) is 13.1. The Morgan fingerprint density at radius 2 is 2.39 bits per heavy atom. The van der Waals surface area contributed by atoms with Gasteiger partial charge in [-0.25, -0.2) is 14.3 Å². The Balaban J connectivity index is 1.99. The summed E-state index contributed by atoms with van der Waals surface area (Å²) in [6.45, 7) is 0.503. The number of halogens is 1. The summed E-state index contributed by atoms with van der Waals surface area (Å²) in [5.74, 6) is 0. The molecule has 96 valence electrons. The summed E-state index contributed by atoms with van der Waals surface area (Å²) in [6.07, 6.45) is 4.13. The van der Waals surface area contributed by atoms with Crippen LogP contribution in [0.2, 0.25) is 0 Å². The van der Waals surface area contributed by atoms with E-state index in [2.05, 4.69) is 26.0 Å². The number of carboxylic acid groups (broad SMARTS) is 1. The first kappa shape index (κ1) is 12.8. The molecule has 0 bridgehead atoms. The minimum atomic E-state index is -0.906. The number of aryl methyl sites for hydroxylation is 1. The van der Waals surface area contributed by atoms with Gasteiger partial charge in [0.2, 0.25) is 0 Å². The number of hydrogen-bond acceptors (Lipinski definition) is 3. The van der Waals surface area contributed by atoms with Crippen LogP contribution < -0.4 is 0 Å². The molecule has 7 heteroatoms. The Labute approximate surface area is 112 Å². The zero-order valence-corrected chi connectivity index (χ0v) is 11.5. The van der Waals surface area contributed by atoms with Crippen LogP contribution in [0.25, 0.3) is 5.65 Å². The minimum absolute atomic E-state index is 0.503. The SMILES string of the molecule is CN(CCCc1ccn2ncc(Br)c2n1)C(=O)O. The second-order valence-corrected chi connectivity index (χ2v) is 4.84. The first-order valence-electron chi connectivity index (χ1n) is 5.51. The van der Waals surface area contributed by atoms with E-state index >= 15 is 0 Å². The van der Waals surface area contributed by atoms with E-state index in [9.17, 15) is 4.79 Å². The first-order chi connectivity index (χ1) is 8.58. The zero-order valence-electron chi connectivity index (χ0n) is 9.88. The smallest absolute Gasteiger partial charge is 0.407 e. The van der Waals surface area contributed by atoms with Gasteiger partial charge in [0.05, 0.1) is 10.7 Å². The van der Waals surface area contributed by atoms with E-state index in [0.29, 0.717) is 6.54 Å². The molecule has 0 aromatic carbocycles. The number of nitrogens with zero attached hydrogens (tertiary/aromatic N) is 4. The van der Waals surface area contributed by atoms with Crippen molar-refractivity contribution in [2.75, 3.05) is 13.6 Å². The average molecular weight is 313 g/mol. The van der Waals surface area contributed by atoms with Gasteiger partial charge in [-0.05, 0) is 34.8 Å². The summed E-state index contributed by atoms with van der Waals surface area (Å²) < 4.78 is 2.55. The Bertz CT molecular complexity index is 569. The highest BCUT2D eigenvalue weighted by atomic mass is 79.9. The van der Waals surface area contributed by atoms with Crippen molar-refractivity contribution in [1.29, 1.82) is 0 Å². The fourth-order valence-electron chi connectivity index (χ4n) is 1.61. The molecule has 0 aliphatic rings. The second-order valence-electron chi connectivity index (χ2n) is 3.99. The highest BCUT2D eigenvalue weighted by molar-refractivity contribution is 9.10. The molecule has 0 radical (unpaired) electrons. The quantitative estimate of drug-likeness (QED) is 0.937. The van der Waals surface area contributed by atoms with Gasteiger partial charge < -0.3 is 10.0 Å². The van der Waals surface area contributed by atoms with Crippen LogP contribution in [0.15, 0.2) is 22.9 Å². The molecule has 0 unspecified atom stereocenters. The van der Waals surface area contributed by atoms with Crippen molar-refractivity contribution in [3.63, 3.8) is 0 Å². The fraction of sp³-hybridized carbons (Fsp3) is 0.364. The van der Waals surface area contributed by atoms with Gasteiger partial charge in [0, 0.05) is 25.5 Å². The largest absolute Gasteiger partial charge is 0.465 e. The summed E-state index contributed by atoms with van der Waals surface area (Å²) in [4.78, 5) is 16.4. The van der Waals surface area contributed by atoms with Crippen LogP contribution in [0.1, 0.15) is 12.1 Å². The Morgan fingerprint density at radius 1 is 1.61 bits per heavy atom. The molecule has 0 atom stereocenters. The van der Waals surface area contributed by atoms with Crippen LogP contribution >= 0.6 is 15.9 Å². The highest BCUT2D eigenvalue weighted by Gasteiger charge is 2.06. The van der Waals surface area contributed by atoms with Gasteiger partial charge in [-0.1, -0.05) is 0 Å². The third-order valence-electron chi connectivity index (χ3n) is 2.64. The van der Waals surface area contributed by atoms with Crippen molar-refractivity contribution in [3.8, 4) is 0 Å². The van der Waals surface area contributed by atoms with Crippen LogP contribution in [0.3, 0.4) is 0 Å². The van der Waals surface area contributed by atoms with Crippen molar-refractivity contribution >= 4 is 27.7 Å². The molecule has 0 aliphatic heterocycles. The monoisotopic (exact) mass is 312 g/mol. The predicted octanol–water partition coefficient (Wildman–Crippen LogP) is 2.03. The number of aromatic nitrogens is 3. The van der Waals surface area contributed by atoms with Gasteiger partial charge in [0.15, 0.2) is 5.65 Å². The molecule has 2 aromatic rings. The van der Waals surface area contributed by atoms with Crippen molar-refractivity contribution in [2.24, 2.45) is 0 Å². The molecule has 0 saturated heterocycles. The molecular weight excluding hydrogens is 300 g/mol. The number of fused-ring (bicyclic) bond motifs is 1. The maximum absolute atomic E-state index is 10.6. The van der Waals surface area contributed by atoms with Crippen molar-refractivity contribution in [3.05, 3.63) is 28.6 Å².